The van der Waals surface area contributed by atoms with Gasteiger partial charge in [0.2, 0.25) is 5.91 Å². The number of nitrogens with zero attached hydrogens (tertiary/aromatic N) is 2. The molecule has 0 unspecified atom stereocenters. The number of benzene rings is 2. The third kappa shape index (κ3) is 6.62. The van der Waals surface area contributed by atoms with Crippen molar-refractivity contribution >= 4 is 5.91 Å². The topological polar surface area (TPSA) is 35.6 Å². The van der Waals surface area contributed by atoms with Gasteiger partial charge in [0.05, 0.1) is 6.54 Å². The number of carbonyl (C=O) groups is 1. The molecule has 1 N–H and O–H groups in total. The van der Waals surface area contributed by atoms with Gasteiger partial charge in [0.25, 0.3) is 0 Å². The minimum absolute atomic E-state index is 0.0513. The molecule has 0 fully saturated rings. The van der Waals surface area contributed by atoms with Crippen LogP contribution in [0.25, 0.3) is 0 Å². The number of hydrogen-bond donors (Lipinski definition) is 1. The second-order valence-corrected chi connectivity index (χ2v) is 7.21. The van der Waals surface area contributed by atoms with Crippen LogP contribution < -0.4 is 5.32 Å². The summed E-state index contributed by atoms with van der Waals surface area (Å²) in [5.74, 6) is 0.0513. The maximum Gasteiger partial charge on any atom is 0.234 e. The summed E-state index contributed by atoms with van der Waals surface area (Å²) in [7, 11) is 4.09. The zero-order valence-electron chi connectivity index (χ0n) is 16.4. The van der Waals surface area contributed by atoms with E-state index in [1.807, 2.05) is 36.2 Å². The van der Waals surface area contributed by atoms with E-state index in [-0.39, 0.29) is 5.91 Å². The van der Waals surface area contributed by atoms with Gasteiger partial charge in [0.15, 0.2) is 0 Å². The lowest BCUT2D eigenvalue weighted by atomic mass is 10.1. The van der Waals surface area contributed by atoms with Gasteiger partial charge >= 0.3 is 0 Å². The fourth-order valence-corrected chi connectivity index (χ4v) is 2.78. The van der Waals surface area contributed by atoms with Crippen LogP contribution in [-0.2, 0) is 24.4 Å². The number of rotatable bonds is 9. The SMILES string of the molecule is CC(C)N(C)Cc1ccccc1CNC(=O)CN(C)Cc1ccccc1. The smallest absolute Gasteiger partial charge is 0.234 e. The predicted octanol–water partition coefficient (Wildman–Crippen LogP) is 3.28. The van der Waals surface area contributed by atoms with Gasteiger partial charge in [-0.3, -0.25) is 14.6 Å². The number of nitrogens with one attached hydrogen (secondary N) is 1. The third-order valence-corrected chi connectivity index (χ3v) is 4.60. The second-order valence-electron chi connectivity index (χ2n) is 7.21. The molecule has 2 rings (SSSR count). The fraction of sp³-hybridized carbons (Fsp3) is 0.409. The molecule has 26 heavy (non-hydrogen) atoms. The number of hydrogen-bond acceptors (Lipinski definition) is 3. The Kier molecular flexibility index (Phi) is 7.82. The van der Waals surface area contributed by atoms with Crippen molar-refractivity contribution in [2.75, 3.05) is 20.6 Å². The maximum atomic E-state index is 12.3. The average molecular weight is 354 g/mol. The van der Waals surface area contributed by atoms with E-state index in [4.69, 9.17) is 0 Å². The molecule has 0 aliphatic carbocycles. The Morgan fingerprint density at radius 2 is 1.54 bits per heavy atom. The van der Waals surface area contributed by atoms with E-state index >= 15 is 0 Å². The van der Waals surface area contributed by atoms with Crippen molar-refractivity contribution in [2.45, 2.75) is 39.5 Å². The summed E-state index contributed by atoms with van der Waals surface area (Å²) in [6.45, 7) is 6.99. The first kappa shape index (κ1) is 20.1. The van der Waals surface area contributed by atoms with Crippen molar-refractivity contribution in [1.29, 1.82) is 0 Å². The zero-order valence-corrected chi connectivity index (χ0v) is 16.4. The van der Waals surface area contributed by atoms with Gasteiger partial charge < -0.3 is 5.32 Å². The van der Waals surface area contributed by atoms with Gasteiger partial charge in [0.1, 0.15) is 0 Å². The first-order valence-corrected chi connectivity index (χ1v) is 9.22. The quantitative estimate of drug-likeness (QED) is 0.751. The summed E-state index contributed by atoms with van der Waals surface area (Å²) < 4.78 is 0. The van der Waals surface area contributed by atoms with E-state index in [1.54, 1.807) is 0 Å². The second kappa shape index (κ2) is 10.1. The lowest BCUT2D eigenvalue weighted by Gasteiger charge is -2.23. The summed E-state index contributed by atoms with van der Waals surface area (Å²) in [4.78, 5) is 16.6. The molecule has 2 aromatic carbocycles. The molecular weight excluding hydrogens is 322 g/mol. The average Bonchev–Trinajstić information content (AvgIpc) is 2.61. The molecule has 0 aromatic heterocycles. The molecule has 0 atom stereocenters. The molecular formula is C22H31N3O. The standard InChI is InChI=1S/C22H31N3O/c1-18(2)25(4)16-21-13-9-8-12-20(21)14-23-22(26)17-24(3)15-19-10-6-5-7-11-19/h5-13,18H,14-17H2,1-4H3,(H,23,26). The normalized spacial score (nSPS) is 11.3. The van der Waals surface area contributed by atoms with Crippen LogP contribution >= 0.6 is 0 Å². The lowest BCUT2D eigenvalue weighted by Crippen LogP contribution is -2.35. The van der Waals surface area contributed by atoms with E-state index in [9.17, 15) is 4.79 Å². The highest BCUT2D eigenvalue weighted by Crippen LogP contribution is 2.12. The molecule has 0 aliphatic rings. The van der Waals surface area contributed by atoms with Gasteiger partial charge in [-0.05, 0) is 44.6 Å². The molecule has 4 heteroatoms. The van der Waals surface area contributed by atoms with Gasteiger partial charge in [-0.25, -0.2) is 0 Å². The number of carbonyl (C=O) groups excluding carboxylic acids is 1. The van der Waals surface area contributed by atoms with E-state index < -0.39 is 0 Å². The minimum Gasteiger partial charge on any atom is -0.351 e. The molecule has 140 valence electrons. The van der Waals surface area contributed by atoms with Gasteiger partial charge in [0, 0.05) is 25.7 Å². The van der Waals surface area contributed by atoms with Crippen LogP contribution in [0.2, 0.25) is 0 Å². The molecule has 0 bridgehead atoms. The maximum absolute atomic E-state index is 12.3. The fourth-order valence-electron chi connectivity index (χ4n) is 2.78. The Balaban J connectivity index is 1.85. The molecule has 0 saturated heterocycles. The first-order valence-electron chi connectivity index (χ1n) is 9.22. The Bertz CT molecular complexity index is 685. The summed E-state index contributed by atoms with van der Waals surface area (Å²) >= 11 is 0. The summed E-state index contributed by atoms with van der Waals surface area (Å²) in [6.07, 6.45) is 0. The monoisotopic (exact) mass is 353 g/mol. The highest BCUT2D eigenvalue weighted by molar-refractivity contribution is 5.78. The summed E-state index contributed by atoms with van der Waals surface area (Å²) in [5.41, 5.74) is 3.66. The van der Waals surface area contributed by atoms with E-state index in [2.05, 4.69) is 61.4 Å². The van der Waals surface area contributed by atoms with Crippen LogP contribution in [0.3, 0.4) is 0 Å². The zero-order chi connectivity index (χ0) is 18.9. The lowest BCUT2D eigenvalue weighted by molar-refractivity contribution is -0.122. The molecule has 1 amide bonds. The number of amides is 1. The molecule has 2 aromatic rings. The Hall–Kier alpha value is -2.17. The first-order chi connectivity index (χ1) is 12.5. The van der Waals surface area contributed by atoms with Gasteiger partial charge in [-0.1, -0.05) is 54.6 Å². The van der Waals surface area contributed by atoms with E-state index in [0.717, 1.165) is 13.1 Å². The summed E-state index contributed by atoms with van der Waals surface area (Å²) in [6, 6.07) is 19.0. The molecule has 0 spiro atoms. The van der Waals surface area contributed by atoms with Crippen molar-refractivity contribution in [2.24, 2.45) is 0 Å². The van der Waals surface area contributed by atoms with Crippen LogP contribution in [0.15, 0.2) is 54.6 Å². The van der Waals surface area contributed by atoms with Crippen molar-refractivity contribution in [3.8, 4) is 0 Å². The molecule has 0 radical (unpaired) electrons. The Labute approximate surface area is 157 Å². The van der Waals surface area contributed by atoms with Crippen molar-refractivity contribution in [3.05, 3.63) is 71.3 Å². The largest absolute Gasteiger partial charge is 0.351 e. The third-order valence-electron chi connectivity index (χ3n) is 4.60. The van der Waals surface area contributed by atoms with Gasteiger partial charge in [-0.15, -0.1) is 0 Å². The number of likely N-dealkylation sites (N-methyl/N-ethyl adjacent to an activating group) is 1. The van der Waals surface area contributed by atoms with Gasteiger partial charge in [-0.2, -0.15) is 0 Å². The van der Waals surface area contributed by atoms with Crippen molar-refractivity contribution in [1.82, 2.24) is 15.1 Å². The molecule has 0 saturated carbocycles. The molecule has 4 nitrogen and oxygen atoms in total. The summed E-state index contributed by atoms with van der Waals surface area (Å²) in [5, 5.41) is 3.06. The molecule has 0 heterocycles. The Morgan fingerprint density at radius 3 is 2.19 bits per heavy atom. The van der Waals surface area contributed by atoms with Crippen LogP contribution in [0.4, 0.5) is 0 Å². The van der Waals surface area contributed by atoms with E-state index in [1.165, 1.54) is 16.7 Å². The Morgan fingerprint density at radius 1 is 0.923 bits per heavy atom. The van der Waals surface area contributed by atoms with E-state index in [0.29, 0.717) is 19.1 Å². The van der Waals surface area contributed by atoms with Crippen molar-refractivity contribution < 1.29 is 4.79 Å². The molecule has 0 aliphatic heterocycles. The van der Waals surface area contributed by atoms with Crippen LogP contribution in [0.1, 0.15) is 30.5 Å². The minimum atomic E-state index is 0.0513. The van der Waals surface area contributed by atoms with Crippen LogP contribution in [-0.4, -0.2) is 42.4 Å². The van der Waals surface area contributed by atoms with Crippen molar-refractivity contribution in [3.63, 3.8) is 0 Å². The highest BCUT2D eigenvalue weighted by Gasteiger charge is 2.10. The predicted molar refractivity (Wildman–Crippen MR) is 108 cm³/mol. The highest BCUT2D eigenvalue weighted by atomic mass is 16.2. The van der Waals surface area contributed by atoms with Crippen LogP contribution in [0, 0.1) is 0 Å². The van der Waals surface area contributed by atoms with Crippen LogP contribution in [0.5, 0.6) is 0 Å².